The minimum atomic E-state index is -3.32. The topological polar surface area (TPSA) is 78.0 Å². The van der Waals surface area contributed by atoms with E-state index in [4.69, 9.17) is 4.42 Å². The summed E-state index contributed by atoms with van der Waals surface area (Å²) in [6.07, 6.45) is 3.89. The molecule has 0 radical (unpaired) electrons. The molecule has 1 saturated carbocycles. The second-order valence-corrected chi connectivity index (χ2v) is 10.5. The molecule has 0 atom stereocenters. The predicted molar refractivity (Wildman–Crippen MR) is 107 cm³/mol. The van der Waals surface area contributed by atoms with Gasteiger partial charge in [-0.1, -0.05) is 27.7 Å². The number of furan rings is 1. The van der Waals surface area contributed by atoms with Crippen LogP contribution in [0.2, 0.25) is 0 Å². The molecule has 1 aliphatic carbocycles. The van der Waals surface area contributed by atoms with Crippen molar-refractivity contribution >= 4 is 37.5 Å². The van der Waals surface area contributed by atoms with Crippen molar-refractivity contribution in [3.63, 3.8) is 0 Å². The molecule has 0 unspecified atom stereocenters. The van der Waals surface area contributed by atoms with Crippen LogP contribution in [-0.2, 0) is 16.4 Å². The van der Waals surface area contributed by atoms with Crippen LogP contribution in [0, 0.1) is 0 Å². The Hall–Kier alpha value is -1.58. The maximum Gasteiger partial charge on any atom is 0.191 e. The van der Waals surface area contributed by atoms with E-state index in [2.05, 4.69) is 26.1 Å². The third kappa shape index (κ3) is 4.47. The van der Waals surface area contributed by atoms with E-state index in [-0.39, 0.29) is 5.75 Å². The number of halogens is 1. The summed E-state index contributed by atoms with van der Waals surface area (Å²) in [5.74, 6) is 2.71. The first kappa shape index (κ1) is 18.8. The highest BCUT2D eigenvalue weighted by Gasteiger charge is 2.30. The fourth-order valence-electron chi connectivity index (χ4n) is 2.76. The largest absolute Gasteiger partial charge is 0.467 e. The summed E-state index contributed by atoms with van der Waals surface area (Å²) in [6, 6.07) is 10.5. The van der Waals surface area contributed by atoms with Crippen LogP contribution in [0.15, 0.2) is 61.6 Å². The van der Waals surface area contributed by atoms with E-state index in [1.54, 1.807) is 30.5 Å². The lowest BCUT2D eigenvalue weighted by atomic mass is 10.3. The number of aromatic nitrogens is 3. The van der Waals surface area contributed by atoms with Crippen LogP contribution in [-0.4, -0.2) is 34.7 Å². The number of benzene rings is 1. The fourth-order valence-corrected chi connectivity index (χ4v) is 5.62. The summed E-state index contributed by atoms with van der Waals surface area (Å²) in [4.78, 5) is 0.335. The van der Waals surface area contributed by atoms with Gasteiger partial charge in [0.2, 0.25) is 0 Å². The molecule has 9 heteroatoms. The van der Waals surface area contributed by atoms with Crippen molar-refractivity contribution in [2.75, 3.05) is 11.5 Å². The number of hydrogen-bond acceptors (Lipinski definition) is 6. The van der Waals surface area contributed by atoms with Crippen molar-refractivity contribution in [2.24, 2.45) is 0 Å². The number of sulfone groups is 1. The molecule has 6 nitrogen and oxygen atoms in total. The SMILES string of the molecule is O=S(=O)(CCSc1nnc(C2CC2)n1Cc1ccco1)c1ccc(Br)cc1. The van der Waals surface area contributed by atoms with Crippen molar-refractivity contribution in [3.05, 3.63) is 58.7 Å². The molecule has 2 aromatic heterocycles. The zero-order chi connectivity index (χ0) is 18.9. The van der Waals surface area contributed by atoms with Gasteiger partial charge in [-0.05, 0) is 49.2 Å². The van der Waals surface area contributed by atoms with Crippen molar-refractivity contribution in [1.82, 2.24) is 14.8 Å². The molecular formula is C18H18BrN3O3S2. The molecule has 4 rings (SSSR count). The summed E-state index contributed by atoms with van der Waals surface area (Å²) in [5.41, 5.74) is 0. The maximum absolute atomic E-state index is 12.5. The summed E-state index contributed by atoms with van der Waals surface area (Å²) < 4.78 is 33.4. The van der Waals surface area contributed by atoms with Crippen molar-refractivity contribution < 1.29 is 12.8 Å². The Balaban J connectivity index is 1.46. The van der Waals surface area contributed by atoms with Gasteiger partial charge in [0, 0.05) is 16.1 Å². The summed E-state index contributed by atoms with van der Waals surface area (Å²) in [6.45, 7) is 0.563. The lowest BCUT2D eigenvalue weighted by Gasteiger charge is -2.08. The van der Waals surface area contributed by atoms with Crippen LogP contribution in [0.4, 0.5) is 0 Å². The molecule has 0 bridgehead atoms. The molecule has 27 heavy (non-hydrogen) atoms. The first-order valence-electron chi connectivity index (χ1n) is 8.59. The molecule has 1 aromatic carbocycles. The van der Waals surface area contributed by atoms with Crippen molar-refractivity contribution in [3.8, 4) is 0 Å². The molecular weight excluding hydrogens is 450 g/mol. The predicted octanol–water partition coefficient (Wildman–Crippen LogP) is 4.13. The highest BCUT2D eigenvalue weighted by atomic mass is 79.9. The molecule has 0 N–H and O–H groups in total. The van der Waals surface area contributed by atoms with Gasteiger partial charge in [-0.2, -0.15) is 0 Å². The molecule has 0 saturated heterocycles. The van der Waals surface area contributed by atoms with E-state index in [1.807, 2.05) is 16.7 Å². The van der Waals surface area contributed by atoms with Gasteiger partial charge in [-0.3, -0.25) is 4.57 Å². The first-order chi connectivity index (χ1) is 13.0. The van der Waals surface area contributed by atoms with E-state index < -0.39 is 9.84 Å². The molecule has 0 spiro atoms. The van der Waals surface area contributed by atoms with Gasteiger partial charge in [0.15, 0.2) is 15.0 Å². The highest BCUT2D eigenvalue weighted by Crippen LogP contribution is 2.40. The summed E-state index contributed by atoms with van der Waals surface area (Å²) >= 11 is 4.74. The molecule has 3 aromatic rings. The van der Waals surface area contributed by atoms with E-state index in [0.717, 1.165) is 34.1 Å². The second kappa shape index (κ2) is 7.81. The van der Waals surface area contributed by atoms with Gasteiger partial charge in [-0.15, -0.1) is 10.2 Å². The minimum absolute atomic E-state index is 0.0473. The van der Waals surface area contributed by atoms with Gasteiger partial charge in [0.1, 0.15) is 11.6 Å². The number of rotatable bonds is 8. The first-order valence-corrected chi connectivity index (χ1v) is 12.0. The van der Waals surface area contributed by atoms with Crippen molar-refractivity contribution in [2.45, 2.75) is 35.4 Å². The Morgan fingerprint density at radius 1 is 1.19 bits per heavy atom. The van der Waals surface area contributed by atoms with Gasteiger partial charge in [0.25, 0.3) is 0 Å². The number of hydrogen-bond donors (Lipinski definition) is 0. The smallest absolute Gasteiger partial charge is 0.191 e. The zero-order valence-corrected chi connectivity index (χ0v) is 17.6. The van der Waals surface area contributed by atoms with Gasteiger partial charge in [0.05, 0.1) is 23.5 Å². The van der Waals surface area contributed by atoms with Crippen LogP contribution < -0.4 is 0 Å². The van der Waals surface area contributed by atoms with E-state index in [1.165, 1.54) is 11.8 Å². The highest BCUT2D eigenvalue weighted by molar-refractivity contribution is 9.10. The maximum atomic E-state index is 12.5. The average Bonchev–Trinajstić information content (AvgIpc) is 3.21. The molecule has 2 heterocycles. The molecule has 0 amide bonds. The van der Waals surface area contributed by atoms with Crippen LogP contribution in [0.25, 0.3) is 0 Å². The fraction of sp³-hybridized carbons (Fsp3) is 0.333. The van der Waals surface area contributed by atoms with E-state index >= 15 is 0 Å². The standard InChI is InChI=1S/C18H18BrN3O3S2/c19-14-5-7-16(8-6-14)27(23,24)11-10-26-18-21-20-17(13-3-4-13)22(18)12-15-2-1-9-25-15/h1-2,5-9,13H,3-4,10-12H2. The molecule has 142 valence electrons. The van der Waals surface area contributed by atoms with Gasteiger partial charge >= 0.3 is 0 Å². The van der Waals surface area contributed by atoms with Crippen LogP contribution in [0.5, 0.6) is 0 Å². The monoisotopic (exact) mass is 467 g/mol. The normalized spacial score (nSPS) is 14.6. The van der Waals surface area contributed by atoms with E-state index in [9.17, 15) is 8.42 Å². The summed E-state index contributed by atoms with van der Waals surface area (Å²) in [7, 11) is -3.32. The third-order valence-electron chi connectivity index (χ3n) is 4.34. The quantitative estimate of drug-likeness (QED) is 0.463. The Morgan fingerprint density at radius 3 is 2.63 bits per heavy atom. The van der Waals surface area contributed by atoms with Crippen LogP contribution >= 0.6 is 27.7 Å². The lowest BCUT2D eigenvalue weighted by molar-refractivity contribution is 0.478. The van der Waals surface area contributed by atoms with Gasteiger partial charge < -0.3 is 4.42 Å². The zero-order valence-electron chi connectivity index (χ0n) is 14.4. The van der Waals surface area contributed by atoms with Crippen LogP contribution in [0.1, 0.15) is 30.3 Å². The van der Waals surface area contributed by atoms with E-state index in [0.29, 0.717) is 23.1 Å². The Morgan fingerprint density at radius 2 is 1.96 bits per heavy atom. The number of nitrogens with zero attached hydrogens (tertiary/aromatic N) is 3. The number of thioether (sulfide) groups is 1. The third-order valence-corrected chi connectivity index (χ3v) is 7.83. The lowest BCUT2D eigenvalue weighted by Crippen LogP contribution is -2.10. The Labute approximate surface area is 170 Å². The average molecular weight is 468 g/mol. The van der Waals surface area contributed by atoms with Crippen LogP contribution in [0.3, 0.4) is 0 Å². The van der Waals surface area contributed by atoms with Gasteiger partial charge in [-0.25, -0.2) is 8.42 Å². The molecule has 0 aliphatic heterocycles. The Kier molecular flexibility index (Phi) is 5.43. The van der Waals surface area contributed by atoms with Crippen molar-refractivity contribution in [1.29, 1.82) is 0 Å². The summed E-state index contributed by atoms with van der Waals surface area (Å²) in [5, 5.41) is 9.37. The Bertz CT molecular complexity index is 1010. The molecule has 1 fully saturated rings. The second-order valence-electron chi connectivity index (χ2n) is 6.40. The minimum Gasteiger partial charge on any atom is -0.467 e. The molecule has 1 aliphatic rings.